The largest absolute Gasteiger partial charge is 0.466 e. The maximum Gasteiger partial charge on any atom is 0.340 e. The summed E-state index contributed by atoms with van der Waals surface area (Å²) in [5.74, 6) is -0.815. The van der Waals surface area contributed by atoms with Crippen molar-refractivity contribution in [1.29, 1.82) is 0 Å². The Morgan fingerprint density at radius 3 is 2.28 bits per heavy atom. The summed E-state index contributed by atoms with van der Waals surface area (Å²) in [6.07, 6.45) is 0.599. The van der Waals surface area contributed by atoms with Crippen molar-refractivity contribution in [3.05, 3.63) is 57.4 Å². The minimum absolute atomic E-state index is 0.00342. The molecule has 134 valence electrons. The Kier molecular flexibility index (Phi) is 6.65. The van der Waals surface area contributed by atoms with Crippen molar-refractivity contribution >= 4 is 23.5 Å². The zero-order chi connectivity index (χ0) is 18.4. The van der Waals surface area contributed by atoms with E-state index in [9.17, 15) is 9.59 Å². The molecule has 2 rings (SSSR count). The molecule has 1 aromatic heterocycles. The molecule has 0 spiro atoms. The van der Waals surface area contributed by atoms with Gasteiger partial charge in [-0.2, -0.15) is 0 Å². The average Bonchev–Trinajstić information content (AvgIpc) is 2.85. The first-order chi connectivity index (χ1) is 12.0. The van der Waals surface area contributed by atoms with Crippen molar-refractivity contribution in [3.8, 4) is 0 Å². The van der Waals surface area contributed by atoms with Crippen LogP contribution in [0.25, 0.3) is 0 Å². The molecular weight excluding hydrogens is 342 g/mol. The van der Waals surface area contributed by atoms with Crippen molar-refractivity contribution < 1.29 is 19.1 Å². The van der Waals surface area contributed by atoms with E-state index in [1.165, 1.54) is 0 Å². The Labute approximate surface area is 152 Å². The lowest BCUT2D eigenvalue weighted by atomic mass is 10.0. The molecule has 0 saturated heterocycles. The quantitative estimate of drug-likeness (QED) is 0.758. The molecule has 1 N–H and O–H groups in total. The second-order valence-electron chi connectivity index (χ2n) is 5.59. The van der Waals surface area contributed by atoms with Gasteiger partial charge in [-0.05, 0) is 44.0 Å². The minimum atomic E-state index is -0.432. The van der Waals surface area contributed by atoms with Crippen molar-refractivity contribution in [1.82, 2.24) is 4.98 Å². The maximum absolute atomic E-state index is 12.3. The SMILES string of the molecule is CCOC(=O)Cc1[nH]c(Cc2ccc(Cl)cc2)c(C)c1C(=O)OCC. The van der Waals surface area contributed by atoms with Crippen LogP contribution in [0.15, 0.2) is 24.3 Å². The molecule has 0 aliphatic rings. The van der Waals surface area contributed by atoms with Crippen LogP contribution in [0.3, 0.4) is 0 Å². The molecule has 0 atom stereocenters. The molecule has 0 aliphatic heterocycles. The standard InChI is InChI=1S/C19H22ClNO4/c1-4-24-17(22)11-16-18(19(23)25-5-2)12(3)15(21-16)10-13-6-8-14(20)9-7-13/h6-9,21H,4-5,10-11H2,1-3H3. The fourth-order valence-corrected chi connectivity index (χ4v) is 2.79. The van der Waals surface area contributed by atoms with E-state index in [1.807, 2.05) is 31.2 Å². The third kappa shape index (κ3) is 4.86. The summed E-state index contributed by atoms with van der Waals surface area (Å²) in [6, 6.07) is 7.50. The molecule has 1 aromatic carbocycles. The molecule has 6 heteroatoms. The summed E-state index contributed by atoms with van der Waals surface area (Å²) in [5, 5.41) is 0.669. The molecule has 5 nitrogen and oxygen atoms in total. The van der Waals surface area contributed by atoms with Gasteiger partial charge in [-0.25, -0.2) is 4.79 Å². The summed E-state index contributed by atoms with van der Waals surface area (Å²) in [6.45, 7) is 5.91. The predicted molar refractivity (Wildman–Crippen MR) is 96.1 cm³/mol. The molecule has 0 radical (unpaired) electrons. The van der Waals surface area contributed by atoms with Crippen molar-refractivity contribution in [2.24, 2.45) is 0 Å². The molecule has 0 bridgehead atoms. The molecule has 0 amide bonds. The van der Waals surface area contributed by atoms with Crippen LogP contribution in [0.5, 0.6) is 0 Å². The van der Waals surface area contributed by atoms with E-state index in [2.05, 4.69) is 4.98 Å². The van der Waals surface area contributed by atoms with Crippen LogP contribution in [-0.4, -0.2) is 30.1 Å². The second kappa shape index (κ2) is 8.72. The molecular formula is C19H22ClNO4. The fourth-order valence-electron chi connectivity index (χ4n) is 2.67. The van der Waals surface area contributed by atoms with E-state index in [1.54, 1.807) is 13.8 Å². The van der Waals surface area contributed by atoms with E-state index in [0.717, 1.165) is 16.8 Å². The number of benzene rings is 1. The van der Waals surface area contributed by atoms with Gasteiger partial charge in [-0.1, -0.05) is 23.7 Å². The van der Waals surface area contributed by atoms with Crippen LogP contribution in [-0.2, 0) is 27.1 Å². The van der Waals surface area contributed by atoms with Gasteiger partial charge in [0.25, 0.3) is 0 Å². The van der Waals surface area contributed by atoms with Crippen LogP contribution in [0.4, 0.5) is 0 Å². The number of hydrogen-bond donors (Lipinski definition) is 1. The first-order valence-electron chi connectivity index (χ1n) is 8.23. The first-order valence-corrected chi connectivity index (χ1v) is 8.61. The number of ether oxygens (including phenoxy) is 2. The van der Waals surface area contributed by atoms with Crippen molar-refractivity contribution in [3.63, 3.8) is 0 Å². The summed E-state index contributed by atoms with van der Waals surface area (Å²) < 4.78 is 10.1. The number of hydrogen-bond acceptors (Lipinski definition) is 4. The Balaban J connectivity index is 2.34. The van der Waals surface area contributed by atoms with E-state index in [-0.39, 0.29) is 19.0 Å². The number of halogens is 1. The van der Waals surface area contributed by atoms with Gasteiger partial charge in [0, 0.05) is 22.8 Å². The topological polar surface area (TPSA) is 68.4 Å². The smallest absolute Gasteiger partial charge is 0.340 e. The molecule has 0 aliphatic carbocycles. The summed E-state index contributed by atoms with van der Waals surface area (Å²) in [4.78, 5) is 27.4. The number of carbonyl (C=O) groups excluding carboxylic acids is 2. The van der Waals surface area contributed by atoms with Gasteiger partial charge in [-0.3, -0.25) is 4.79 Å². The third-order valence-corrected chi connectivity index (χ3v) is 4.08. The number of rotatable bonds is 7. The molecule has 0 saturated carbocycles. The van der Waals surface area contributed by atoms with Gasteiger partial charge < -0.3 is 14.5 Å². The van der Waals surface area contributed by atoms with Gasteiger partial charge in [0.05, 0.1) is 25.2 Å². The highest BCUT2D eigenvalue weighted by Gasteiger charge is 2.23. The highest BCUT2D eigenvalue weighted by atomic mass is 35.5. The Hall–Kier alpha value is -2.27. The predicted octanol–water partition coefficient (Wildman–Crippen LogP) is 3.85. The minimum Gasteiger partial charge on any atom is -0.466 e. The zero-order valence-electron chi connectivity index (χ0n) is 14.6. The van der Waals surface area contributed by atoms with Gasteiger partial charge in [-0.15, -0.1) is 0 Å². The second-order valence-corrected chi connectivity index (χ2v) is 6.02. The molecule has 1 heterocycles. The molecule has 0 fully saturated rings. The van der Waals surface area contributed by atoms with Crippen LogP contribution in [0.2, 0.25) is 5.02 Å². The van der Waals surface area contributed by atoms with Crippen LogP contribution in [0, 0.1) is 6.92 Å². The number of aromatic amines is 1. The van der Waals surface area contributed by atoms with E-state index < -0.39 is 5.97 Å². The summed E-state index contributed by atoms with van der Waals surface area (Å²) in [7, 11) is 0. The number of carbonyl (C=O) groups is 2. The molecule has 2 aromatic rings. The Bertz CT molecular complexity index is 750. The number of H-pyrrole nitrogens is 1. The molecule has 0 unspecified atom stereocenters. The van der Waals surface area contributed by atoms with Crippen LogP contribution in [0.1, 0.15) is 46.7 Å². The van der Waals surface area contributed by atoms with E-state index >= 15 is 0 Å². The number of esters is 2. The lowest BCUT2D eigenvalue weighted by molar-refractivity contribution is -0.142. The zero-order valence-corrected chi connectivity index (χ0v) is 15.4. The fraction of sp³-hybridized carbons (Fsp3) is 0.368. The monoisotopic (exact) mass is 363 g/mol. The third-order valence-electron chi connectivity index (χ3n) is 3.83. The highest BCUT2D eigenvalue weighted by Crippen LogP contribution is 2.23. The number of nitrogens with one attached hydrogen (secondary N) is 1. The summed E-state index contributed by atoms with van der Waals surface area (Å²) in [5.41, 5.74) is 3.64. The van der Waals surface area contributed by atoms with E-state index in [4.69, 9.17) is 21.1 Å². The lowest BCUT2D eigenvalue weighted by Gasteiger charge is -2.05. The maximum atomic E-state index is 12.3. The van der Waals surface area contributed by atoms with Crippen LogP contribution < -0.4 is 0 Å². The molecule has 25 heavy (non-hydrogen) atoms. The van der Waals surface area contributed by atoms with Crippen molar-refractivity contribution in [2.75, 3.05) is 13.2 Å². The van der Waals surface area contributed by atoms with Crippen LogP contribution >= 0.6 is 11.6 Å². The average molecular weight is 364 g/mol. The summed E-state index contributed by atoms with van der Waals surface area (Å²) >= 11 is 5.92. The lowest BCUT2D eigenvalue weighted by Crippen LogP contribution is -2.13. The first kappa shape index (κ1) is 19.1. The van der Waals surface area contributed by atoms with Gasteiger partial charge in [0.15, 0.2) is 0 Å². The Morgan fingerprint density at radius 2 is 1.68 bits per heavy atom. The van der Waals surface area contributed by atoms with Crippen molar-refractivity contribution in [2.45, 2.75) is 33.6 Å². The Morgan fingerprint density at radius 1 is 1.04 bits per heavy atom. The number of aromatic nitrogens is 1. The van der Waals surface area contributed by atoms with E-state index in [0.29, 0.717) is 29.3 Å². The van der Waals surface area contributed by atoms with Gasteiger partial charge in [0.1, 0.15) is 0 Å². The highest BCUT2D eigenvalue weighted by molar-refractivity contribution is 6.30. The normalized spacial score (nSPS) is 10.6. The van der Waals surface area contributed by atoms with Gasteiger partial charge >= 0.3 is 11.9 Å². The van der Waals surface area contributed by atoms with Gasteiger partial charge in [0.2, 0.25) is 0 Å².